The molecular formula is C34H49N5O8S. The standard InChI is InChI=1S/C34H49N5O8S/c1-22(2)18-37(48(45,46)27-15-13-26(47-7)14-16-27)19-29(40)28(17-25-11-9-8-10-12-25)36-33(43)32(23(3)4)39-21-31(42)38(34(39)44)20-30(41)35-24(5)6/h8-16,22-24,28-29,32,40H,17-21H2,1-7H3,(H,35,41)(H,36,43)/t28-,29+,32-/m0/s1. The molecule has 1 fully saturated rings. The molecule has 0 saturated carbocycles. The molecule has 14 heteroatoms. The van der Waals surface area contributed by atoms with Crippen molar-refractivity contribution in [1.82, 2.24) is 24.7 Å². The highest BCUT2D eigenvalue weighted by Gasteiger charge is 2.45. The van der Waals surface area contributed by atoms with Crippen LogP contribution in [0.2, 0.25) is 0 Å². The third kappa shape index (κ3) is 10.0. The first-order valence-corrected chi connectivity index (χ1v) is 17.6. The summed E-state index contributed by atoms with van der Waals surface area (Å²) in [7, 11) is -2.57. The van der Waals surface area contributed by atoms with Crippen molar-refractivity contribution in [2.75, 3.05) is 33.3 Å². The zero-order chi connectivity index (χ0) is 35.8. The number of sulfonamides is 1. The molecule has 0 bridgehead atoms. The van der Waals surface area contributed by atoms with E-state index in [0.717, 1.165) is 15.4 Å². The second-order valence-electron chi connectivity index (χ2n) is 13.1. The number of carbonyl (C=O) groups is 4. The summed E-state index contributed by atoms with van der Waals surface area (Å²) in [4.78, 5) is 54.5. The predicted octanol–water partition coefficient (Wildman–Crippen LogP) is 2.24. The quantitative estimate of drug-likeness (QED) is 0.213. The maximum atomic E-state index is 14.0. The van der Waals surface area contributed by atoms with Gasteiger partial charge in [0.05, 0.1) is 24.2 Å². The number of aliphatic hydroxyl groups excluding tert-OH is 1. The van der Waals surface area contributed by atoms with E-state index >= 15 is 0 Å². The molecule has 1 heterocycles. The van der Waals surface area contributed by atoms with E-state index in [9.17, 15) is 32.7 Å². The van der Waals surface area contributed by atoms with Crippen LogP contribution in [-0.2, 0) is 30.8 Å². The van der Waals surface area contributed by atoms with E-state index in [0.29, 0.717) is 5.75 Å². The summed E-state index contributed by atoms with van der Waals surface area (Å²) in [6.07, 6.45) is -1.20. The Morgan fingerprint density at radius 2 is 1.56 bits per heavy atom. The van der Waals surface area contributed by atoms with Gasteiger partial charge in [-0.15, -0.1) is 0 Å². The van der Waals surface area contributed by atoms with Crippen LogP contribution in [0.25, 0.3) is 0 Å². The van der Waals surface area contributed by atoms with Crippen LogP contribution in [0.4, 0.5) is 4.79 Å². The number of amides is 5. The van der Waals surface area contributed by atoms with Gasteiger partial charge in [0.15, 0.2) is 0 Å². The summed E-state index contributed by atoms with van der Waals surface area (Å²) < 4.78 is 33.9. The number of aliphatic hydroxyl groups is 1. The van der Waals surface area contributed by atoms with Crippen LogP contribution in [-0.4, -0.2) is 109 Å². The monoisotopic (exact) mass is 687 g/mol. The first kappa shape index (κ1) is 38.4. The third-order valence-electron chi connectivity index (χ3n) is 7.82. The van der Waals surface area contributed by atoms with Crippen molar-refractivity contribution in [1.29, 1.82) is 0 Å². The number of benzene rings is 2. The molecular weight excluding hydrogens is 638 g/mol. The highest BCUT2D eigenvalue weighted by molar-refractivity contribution is 7.89. The van der Waals surface area contributed by atoms with E-state index in [2.05, 4.69) is 10.6 Å². The lowest BCUT2D eigenvalue weighted by Crippen LogP contribution is -2.57. The normalized spacial score (nSPS) is 15.8. The largest absolute Gasteiger partial charge is 0.497 e. The third-order valence-corrected chi connectivity index (χ3v) is 9.66. The molecule has 1 saturated heterocycles. The number of nitrogens with one attached hydrogen (secondary N) is 2. The van der Waals surface area contributed by atoms with Gasteiger partial charge in [-0.2, -0.15) is 4.31 Å². The number of ether oxygens (including phenoxy) is 1. The zero-order valence-electron chi connectivity index (χ0n) is 28.8. The first-order valence-electron chi connectivity index (χ1n) is 16.1. The Balaban J connectivity index is 1.89. The van der Waals surface area contributed by atoms with Crippen molar-refractivity contribution in [2.45, 2.75) is 77.1 Å². The molecule has 3 rings (SSSR count). The lowest BCUT2D eigenvalue weighted by molar-refractivity contribution is -0.131. The minimum absolute atomic E-state index is 0.0310. The van der Waals surface area contributed by atoms with Gasteiger partial charge in [-0.25, -0.2) is 13.2 Å². The van der Waals surface area contributed by atoms with Crippen molar-refractivity contribution >= 4 is 33.8 Å². The Morgan fingerprint density at radius 3 is 2.10 bits per heavy atom. The Bertz CT molecular complexity index is 1520. The number of imide groups is 1. The molecule has 5 amide bonds. The molecule has 2 aromatic carbocycles. The van der Waals surface area contributed by atoms with E-state index in [1.54, 1.807) is 39.8 Å². The number of urea groups is 1. The van der Waals surface area contributed by atoms with Crippen LogP contribution in [0.3, 0.4) is 0 Å². The fourth-order valence-electron chi connectivity index (χ4n) is 5.58. The molecule has 1 aliphatic heterocycles. The van der Waals surface area contributed by atoms with Crippen molar-refractivity contribution < 1.29 is 37.4 Å². The highest BCUT2D eigenvalue weighted by Crippen LogP contribution is 2.23. The molecule has 264 valence electrons. The van der Waals surface area contributed by atoms with Crippen molar-refractivity contribution in [3.05, 3.63) is 60.2 Å². The molecule has 3 atom stereocenters. The SMILES string of the molecule is COc1ccc(S(=O)(=O)N(CC(C)C)C[C@@H](O)[C@H](Cc2ccccc2)NC(=O)[C@H](C(C)C)N2CC(=O)N(CC(=O)NC(C)C)C2=O)cc1. The molecule has 3 N–H and O–H groups in total. The molecule has 0 unspecified atom stereocenters. The van der Waals surface area contributed by atoms with Gasteiger partial charge in [0.2, 0.25) is 21.8 Å². The van der Waals surface area contributed by atoms with E-state index in [4.69, 9.17) is 4.74 Å². The van der Waals surface area contributed by atoms with Gasteiger partial charge in [0, 0.05) is 19.1 Å². The van der Waals surface area contributed by atoms with E-state index in [1.165, 1.54) is 23.5 Å². The second kappa shape index (κ2) is 16.9. The van der Waals surface area contributed by atoms with Gasteiger partial charge < -0.3 is 25.4 Å². The predicted molar refractivity (Wildman–Crippen MR) is 180 cm³/mol. The molecule has 1 aliphatic rings. The topological polar surface area (TPSA) is 166 Å². The van der Waals surface area contributed by atoms with Crippen LogP contribution in [0, 0.1) is 11.8 Å². The average Bonchev–Trinajstić information content (AvgIpc) is 3.27. The molecule has 2 aromatic rings. The maximum Gasteiger partial charge on any atom is 0.328 e. The summed E-state index contributed by atoms with van der Waals surface area (Å²) >= 11 is 0. The Kier molecular flexibility index (Phi) is 13.5. The zero-order valence-corrected chi connectivity index (χ0v) is 29.6. The van der Waals surface area contributed by atoms with Gasteiger partial charge in [-0.1, -0.05) is 58.0 Å². The van der Waals surface area contributed by atoms with Crippen molar-refractivity contribution in [3.8, 4) is 5.75 Å². The minimum atomic E-state index is -4.05. The second-order valence-corrected chi connectivity index (χ2v) is 15.0. The summed E-state index contributed by atoms with van der Waals surface area (Å²) in [5.41, 5.74) is 0.783. The molecule has 0 radical (unpaired) electrons. The average molecular weight is 688 g/mol. The van der Waals surface area contributed by atoms with Crippen LogP contribution >= 0.6 is 0 Å². The van der Waals surface area contributed by atoms with Gasteiger partial charge in [-0.3, -0.25) is 19.3 Å². The number of rotatable bonds is 17. The van der Waals surface area contributed by atoms with Gasteiger partial charge in [0.1, 0.15) is 24.9 Å². The van der Waals surface area contributed by atoms with Crippen LogP contribution in [0.15, 0.2) is 59.5 Å². The summed E-state index contributed by atoms with van der Waals surface area (Å²) in [5, 5.41) is 17.2. The number of nitrogens with zero attached hydrogens (tertiary/aromatic N) is 3. The number of hydrogen-bond acceptors (Lipinski definition) is 8. The van der Waals surface area contributed by atoms with Gasteiger partial charge >= 0.3 is 6.03 Å². The molecule has 0 aromatic heterocycles. The number of hydrogen-bond donors (Lipinski definition) is 3. The van der Waals surface area contributed by atoms with Gasteiger partial charge in [0.25, 0.3) is 5.91 Å². The first-order chi connectivity index (χ1) is 22.5. The Labute approximate surface area is 283 Å². The number of carbonyl (C=O) groups excluding carboxylic acids is 4. The molecule has 0 aliphatic carbocycles. The fraction of sp³-hybridized carbons (Fsp3) is 0.529. The van der Waals surface area contributed by atoms with Gasteiger partial charge in [-0.05, 0) is 61.9 Å². The van der Waals surface area contributed by atoms with Crippen LogP contribution in [0.1, 0.15) is 47.1 Å². The van der Waals surface area contributed by atoms with Crippen LogP contribution in [0.5, 0.6) is 5.75 Å². The lowest BCUT2D eigenvalue weighted by Gasteiger charge is -2.34. The fourth-order valence-corrected chi connectivity index (χ4v) is 7.20. The maximum absolute atomic E-state index is 14.0. The van der Waals surface area contributed by atoms with E-state index < -0.39 is 71.0 Å². The summed E-state index contributed by atoms with van der Waals surface area (Å²) in [6, 6.07) is 12.1. The van der Waals surface area contributed by atoms with Crippen molar-refractivity contribution in [3.63, 3.8) is 0 Å². The smallest absolute Gasteiger partial charge is 0.328 e. The van der Waals surface area contributed by atoms with E-state index in [-0.39, 0.29) is 36.4 Å². The van der Waals surface area contributed by atoms with E-state index in [1.807, 2.05) is 44.2 Å². The Hall–Kier alpha value is -4.01. The number of methoxy groups -OCH3 is 1. The molecule has 0 spiro atoms. The highest BCUT2D eigenvalue weighted by atomic mass is 32.2. The molecule has 48 heavy (non-hydrogen) atoms. The minimum Gasteiger partial charge on any atom is -0.497 e. The molecule has 13 nitrogen and oxygen atoms in total. The van der Waals surface area contributed by atoms with Crippen molar-refractivity contribution in [2.24, 2.45) is 11.8 Å². The summed E-state index contributed by atoms with van der Waals surface area (Å²) in [6.45, 7) is 9.62. The van der Waals surface area contributed by atoms with Crippen LogP contribution < -0.4 is 15.4 Å². The summed E-state index contributed by atoms with van der Waals surface area (Å²) in [5.74, 6) is -1.76. The lowest BCUT2D eigenvalue weighted by atomic mass is 9.97. The Morgan fingerprint density at radius 1 is 0.938 bits per heavy atom.